The third-order valence-corrected chi connectivity index (χ3v) is 6.71. The second-order valence-electron chi connectivity index (χ2n) is 9.81. The Kier molecular flexibility index (Phi) is 6.99. The molecule has 40 heavy (non-hydrogen) atoms. The lowest BCUT2D eigenvalue weighted by molar-refractivity contribution is 0.251. The summed E-state index contributed by atoms with van der Waals surface area (Å²) in [5.74, 6) is 2.56. The van der Waals surface area contributed by atoms with Crippen molar-refractivity contribution < 1.29 is 9.47 Å². The van der Waals surface area contributed by atoms with Gasteiger partial charge in [-0.25, -0.2) is 9.97 Å². The fourth-order valence-electron chi connectivity index (χ4n) is 4.60. The van der Waals surface area contributed by atoms with Gasteiger partial charge in [-0.05, 0) is 55.6 Å². The van der Waals surface area contributed by atoms with Crippen molar-refractivity contribution >= 4 is 33.3 Å². The van der Waals surface area contributed by atoms with Gasteiger partial charge in [0.15, 0.2) is 17.3 Å². The van der Waals surface area contributed by atoms with Crippen LogP contribution in [0.2, 0.25) is 0 Å². The number of benzene rings is 4. The first-order chi connectivity index (χ1) is 19.6. The Morgan fingerprint density at radius 1 is 0.825 bits per heavy atom. The minimum atomic E-state index is 0.528. The molecule has 0 atom stereocenters. The van der Waals surface area contributed by atoms with Crippen molar-refractivity contribution in [2.45, 2.75) is 0 Å². The van der Waals surface area contributed by atoms with Crippen molar-refractivity contribution in [3.8, 4) is 34.0 Å². The van der Waals surface area contributed by atoms with Crippen LogP contribution in [0, 0.1) is 0 Å². The molecule has 0 aliphatic heterocycles. The van der Waals surface area contributed by atoms with E-state index in [0.29, 0.717) is 29.7 Å². The van der Waals surface area contributed by atoms with Crippen molar-refractivity contribution in [2.24, 2.45) is 0 Å². The fourth-order valence-corrected chi connectivity index (χ4v) is 4.60. The largest absolute Gasteiger partial charge is 0.493 e. The van der Waals surface area contributed by atoms with Gasteiger partial charge in [0.25, 0.3) is 0 Å². The molecule has 0 saturated heterocycles. The van der Waals surface area contributed by atoms with Crippen LogP contribution in [0.5, 0.6) is 11.5 Å². The quantitative estimate of drug-likeness (QED) is 0.220. The monoisotopic (exact) mass is 530 g/mol. The van der Waals surface area contributed by atoms with Gasteiger partial charge in [0.1, 0.15) is 12.4 Å². The van der Waals surface area contributed by atoms with Gasteiger partial charge in [0.05, 0.1) is 24.3 Å². The molecule has 8 heteroatoms. The van der Waals surface area contributed by atoms with Crippen LogP contribution < -0.4 is 14.8 Å². The van der Waals surface area contributed by atoms with E-state index in [1.165, 1.54) is 0 Å². The Balaban J connectivity index is 1.47. The molecule has 0 radical (unpaired) electrons. The SMILES string of the molecule is COc1cc2nc(-c3cccc(-c4ccccc4)c3)nc(Nc3ccc4[nH]ncc4c3)c2cc1OCCN(C)C. The van der Waals surface area contributed by atoms with Gasteiger partial charge in [0.2, 0.25) is 0 Å². The van der Waals surface area contributed by atoms with Gasteiger partial charge >= 0.3 is 0 Å². The average molecular weight is 531 g/mol. The van der Waals surface area contributed by atoms with Crippen molar-refractivity contribution in [2.75, 3.05) is 39.7 Å². The zero-order chi connectivity index (χ0) is 27.5. The maximum Gasteiger partial charge on any atom is 0.162 e. The van der Waals surface area contributed by atoms with E-state index in [9.17, 15) is 0 Å². The molecule has 2 N–H and O–H groups in total. The van der Waals surface area contributed by atoms with Crippen LogP contribution in [-0.4, -0.2) is 59.4 Å². The minimum Gasteiger partial charge on any atom is -0.493 e. The van der Waals surface area contributed by atoms with Crippen LogP contribution in [0.25, 0.3) is 44.3 Å². The van der Waals surface area contributed by atoms with Crippen LogP contribution in [0.4, 0.5) is 11.5 Å². The molecule has 0 saturated carbocycles. The molecule has 0 spiro atoms. The van der Waals surface area contributed by atoms with Crippen molar-refractivity contribution in [3.05, 3.63) is 91.1 Å². The topological polar surface area (TPSA) is 88.2 Å². The highest BCUT2D eigenvalue weighted by molar-refractivity contribution is 5.95. The molecule has 200 valence electrons. The number of nitrogens with zero attached hydrogens (tertiary/aromatic N) is 4. The predicted octanol–water partition coefficient (Wildman–Crippen LogP) is 6.53. The Hall–Kier alpha value is -4.95. The number of nitrogens with one attached hydrogen (secondary N) is 2. The molecule has 0 bridgehead atoms. The Labute approximate surface area is 232 Å². The highest BCUT2D eigenvalue weighted by Crippen LogP contribution is 2.37. The number of rotatable bonds is 9. The van der Waals surface area contributed by atoms with Gasteiger partial charge in [-0.3, -0.25) is 5.10 Å². The van der Waals surface area contributed by atoms with Crippen molar-refractivity contribution in [1.82, 2.24) is 25.1 Å². The molecular formula is C32H30N6O2. The van der Waals surface area contributed by atoms with E-state index in [-0.39, 0.29) is 0 Å². The lowest BCUT2D eigenvalue weighted by Crippen LogP contribution is -2.19. The summed E-state index contributed by atoms with van der Waals surface area (Å²) in [7, 11) is 5.68. The number of ether oxygens (including phenoxy) is 2. The maximum atomic E-state index is 6.12. The lowest BCUT2D eigenvalue weighted by atomic mass is 10.0. The Morgan fingerprint density at radius 2 is 1.65 bits per heavy atom. The van der Waals surface area contributed by atoms with Gasteiger partial charge in [-0.15, -0.1) is 0 Å². The van der Waals surface area contributed by atoms with Gasteiger partial charge in [-0.1, -0.05) is 48.5 Å². The number of H-pyrrole nitrogens is 1. The summed E-state index contributed by atoms with van der Waals surface area (Å²) < 4.78 is 11.8. The fraction of sp³-hybridized carbons (Fsp3) is 0.156. The van der Waals surface area contributed by atoms with Crippen molar-refractivity contribution in [1.29, 1.82) is 0 Å². The summed E-state index contributed by atoms with van der Waals surface area (Å²) in [5, 5.41) is 12.5. The smallest absolute Gasteiger partial charge is 0.162 e. The summed E-state index contributed by atoms with van der Waals surface area (Å²) in [5.41, 5.74) is 5.77. The summed E-state index contributed by atoms with van der Waals surface area (Å²) in [6, 6.07) is 28.5. The standard InChI is InChI=1S/C32H30N6O2/c1-38(2)14-15-40-30-18-26-28(19-29(30)39-3)35-31(23-11-7-10-22(16-23)21-8-5-4-6-9-21)36-32(26)34-25-12-13-27-24(17-25)20-33-37-27/h4-13,16-20H,14-15H2,1-3H3,(H,33,37)(H,34,35,36). The Morgan fingerprint density at radius 3 is 2.48 bits per heavy atom. The van der Waals surface area contributed by atoms with E-state index in [2.05, 4.69) is 44.7 Å². The molecule has 2 heterocycles. The number of aromatic amines is 1. The second kappa shape index (κ2) is 11.0. The molecule has 0 aliphatic rings. The maximum absolute atomic E-state index is 6.12. The van der Waals surface area contributed by atoms with E-state index in [4.69, 9.17) is 19.4 Å². The third kappa shape index (κ3) is 5.30. The molecule has 6 rings (SSSR count). The van der Waals surface area contributed by atoms with E-state index in [1.54, 1.807) is 13.3 Å². The first-order valence-corrected chi connectivity index (χ1v) is 13.1. The van der Waals surface area contributed by atoms with Gasteiger partial charge < -0.3 is 19.7 Å². The van der Waals surface area contributed by atoms with E-state index in [1.807, 2.05) is 74.8 Å². The van der Waals surface area contributed by atoms with Gasteiger partial charge in [-0.2, -0.15) is 5.10 Å². The van der Waals surface area contributed by atoms with Crippen LogP contribution >= 0.6 is 0 Å². The van der Waals surface area contributed by atoms with Crippen LogP contribution in [0.3, 0.4) is 0 Å². The first kappa shape index (κ1) is 25.3. The molecule has 0 fully saturated rings. The summed E-state index contributed by atoms with van der Waals surface area (Å²) in [6.45, 7) is 1.31. The number of aromatic nitrogens is 4. The zero-order valence-electron chi connectivity index (χ0n) is 22.7. The Bertz CT molecular complexity index is 1780. The number of fused-ring (bicyclic) bond motifs is 2. The number of likely N-dealkylation sites (N-methyl/N-ethyl adjacent to an activating group) is 1. The molecule has 0 aliphatic carbocycles. The first-order valence-electron chi connectivity index (χ1n) is 13.1. The molecular weight excluding hydrogens is 500 g/mol. The summed E-state index contributed by atoms with van der Waals surface area (Å²) >= 11 is 0. The highest BCUT2D eigenvalue weighted by atomic mass is 16.5. The molecule has 8 nitrogen and oxygen atoms in total. The second-order valence-corrected chi connectivity index (χ2v) is 9.81. The number of hydrogen-bond donors (Lipinski definition) is 2. The van der Waals surface area contributed by atoms with Crippen LogP contribution in [-0.2, 0) is 0 Å². The van der Waals surface area contributed by atoms with Gasteiger partial charge in [0, 0.05) is 34.6 Å². The molecule has 0 unspecified atom stereocenters. The summed E-state index contributed by atoms with van der Waals surface area (Å²) in [6.07, 6.45) is 1.81. The van der Waals surface area contributed by atoms with E-state index in [0.717, 1.165) is 50.7 Å². The van der Waals surface area contributed by atoms with E-state index >= 15 is 0 Å². The molecule has 6 aromatic rings. The molecule has 2 aromatic heterocycles. The highest BCUT2D eigenvalue weighted by Gasteiger charge is 2.16. The predicted molar refractivity (Wildman–Crippen MR) is 160 cm³/mol. The number of methoxy groups -OCH3 is 1. The molecule has 0 amide bonds. The van der Waals surface area contributed by atoms with Crippen LogP contribution in [0.1, 0.15) is 0 Å². The normalized spacial score (nSPS) is 11.3. The van der Waals surface area contributed by atoms with Crippen molar-refractivity contribution in [3.63, 3.8) is 0 Å². The zero-order valence-corrected chi connectivity index (χ0v) is 22.7. The third-order valence-electron chi connectivity index (χ3n) is 6.71. The number of anilines is 2. The minimum absolute atomic E-state index is 0.528. The van der Waals surface area contributed by atoms with E-state index < -0.39 is 0 Å². The lowest BCUT2D eigenvalue weighted by Gasteiger charge is -2.16. The molecule has 4 aromatic carbocycles. The summed E-state index contributed by atoms with van der Waals surface area (Å²) in [4.78, 5) is 12.1. The number of hydrogen-bond acceptors (Lipinski definition) is 7. The average Bonchev–Trinajstić information content (AvgIpc) is 3.45. The van der Waals surface area contributed by atoms with Crippen LogP contribution in [0.15, 0.2) is 91.1 Å².